The van der Waals surface area contributed by atoms with Gasteiger partial charge in [0.05, 0.1) is 0 Å². The monoisotopic (exact) mass is 208 g/mol. The van der Waals surface area contributed by atoms with E-state index in [2.05, 4.69) is 13.5 Å². The first-order valence-electron chi connectivity index (χ1n) is 6.41. The predicted molar refractivity (Wildman–Crippen MR) is 64.8 cm³/mol. The lowest BCUT2D eigenvalue weighted by atomic mass is 9.76. The molecule has 0 aliphatic heterocycles. The van der Waals surface area contributed by atoms with E-state index in [0.29, 0.717) is 11.7 Å². The second kappa shape index (κ2) is 6.81. The molecule has 1 aliphatic carbocycles. The Morgan fingerprint density at radius 2 is 2.27 bits per heavy atom. The van der Waals surface area contributed by atoms with Gasteiger partial charge in [-0.25, -0.2) is 0 Å². The van der Waals surface area contributed by atoms with E-state index in [9.17, 15) is 4.79 Å². The minimum Gasteiger partial charge on any atom is -0.299 e. The maximum atomic E-state index is 11.7. The number of rotatable bonds is 6. The van der Waals surface area contributed by atoms with Gasteiger partial charge in [0.1, 0.15) is 5.78 Å². The molecule has 1 heteroatoms. The molecule has 0 aromatic carbocycles. The van der Waals surface area contributed by atoms with Crippen LogP contribution in [-0.4, -0.2) is 5.78 Å². The minimum absolute atomic E-state index is 0.371. The topological polar surface area (TPSA) is 17.1 Å². The maximum Gasteiger partial charge on any atom is 0.135 e. The highest BCUT2D eigenvalue weighted by molar-refractivity contribution is 5.81. The molecule has 0 aromatic heterocycles. The fraction of sp³-hybridized carbons (Fsp3) is 0.786. The van der Waals surface area contributed by atoms with Crippen molar-refractivity contribution in [2.75, 3.05) is 0 Å². The Hall–Kier alpha value is -0.590. The number of hydrogen-bond acceptors (Lipinski definition) is 1. The van der Waals surface area contributed by atoms with E-state index in [1.807, 2.05) is 6.08 Å². The van der Waals surface area contributed by atoms with Crippen LogP contribution in [-0.2, 0) is 4.79 Å². The average molecular weight is 208 g/mol. The van der Waals surface area contributed by atoms with Crippen molar-refractivity contribution < 1.29 is 4.79 Å². The molecular weight excluding hydrogens is 184 g/mol. The van der Waals surface area contributed by atoms with E-state index in [1.165, 1.54) is 12.8 Å². The van der Waals surface area contributed by atoms with Gasteiger partial charge in [-0.15, -0.1) is 6.58 Å². The molecule has 0 aromatic rings. The van der Waals surface area contributed by atoms with Crippen molar-refractivity contribution >= 4 is 5.78 Å². The summed E-state index contributed by atoms with van der Waals surface area (Å²) >= 11 is 0. The molecule has 1 rings (SSSR count). The SMILES string of the molecule is C=CCCCC1CC(CCC)CCC1=O. The van der Waals surface area contributed by atoms with Crippen LogP contribution in [0.2, 0.25) is 0 Å². The Bertz CT molecular complexity index is 207. The number of hydrogen-bond donors (Lipinski definition) is 0. The minimum atomic E-state index is 0.371. The Labute approximate surface area is 93.9 Å². The van der Waals surface area contributed by atoms with Crippen molar-refractivity contribution in [2.24, 2.45) is 11.8 Å². The summed E-state index contributed by atoms with van der Waals surface area (Å²) in [5.74, 6) is 1.71. The Morgan fingerprint density at radius 3 is 2.93 bits per heavy atom. The third kappa shape index (κ3) is 4.19. The summed E-state index contributed by atoms with van der Waals surface area (Å²) in [6.07, 6.45) is 10.9. The number of carbonyl (C=O) groups excluding carboxylic acids is 1. The fourth-order valence-electron chi connectivity index (χ4n) is 2.66. The number of unbranched alkanes of at least 4 members (excludes halogenated alkanes) is 1. The quantitative estimate of drug-likeness (QED) is 0.474. The van der Waals surface area contributed by atoms with Crippen LogP contribution >= 0.6 is 0 Å². The van der Waals surface area contributed by atoms with Gasteiger partial charge < -0.3 is 0 Å². The lowest BCUT2D eigenvalue weighted by Crippen LogP contribution is -2.24. The smallest absolute Gasteiger partial charge is 0.135 e. The average Bonchev–Trinajstić information content (AvgIpc) is 2.23. The second-order valence-electron chi connectivity index (χ2n) is 4.81. The summed E-state index contributed by atoms with van der Waals surface area (Å²) in [5.41, 5.74) is 0. The van der Waals surface area contributed by atoms with Crippen LogP contribution in [0.15, 0.2) is 12.7 Å². The molecule has 2 unspecified atom stereocenters. The van der Waals surface area contributed by atoms with Crippen molar-refractivity contribution in [2.45, 2.75) is 58.3 Å². The summed E-state index contributed by atoms with van der Waals surface area (Å²) in [5, 5.41) is 0. The van der Waals surface area contributed by atoms with Crippen LogP contribution in [0.1, 0.15) is 58.3 Å². The molecule has 2 atom stereocenters. The van der Waals surface area contributed by atoms with Gasteiger partial charge in [-0.2, -0.15) is 0 Å². The Balaban J connectivity index is 2.32. The van der Waals surface area contributed by atoms with Gasteiger partial charge in [0.2, 0.25) is 0 Å². The molecule has 15 heavy (non-hydrogen) atoms. The first-order valence-corrected chi connectivity index (χ1v) is 6.41. The van der Waals surface area contributed by atoms with Crippen LogP contribution in [0, 0.1) is 11.8 Å². The van der Waals surface area contributed by atoms with Gasteiger partial charge in [0.15, 0.2) is 0 Å². The van der Waals surface area contributed by atoms with Crippen molar-refractivity contribution in [1.29, 1.82) is 0 Å². The Morgan fingerprint density at radius 1 is 1.47 bits per heavy atom. The molecule has 0 bridgehead atoms. The summed E-state index contributed by atoms with van der Waals surface area (Å²) in [6, 6.07) is 0. The van der Waals surface area contributed by atoms with E-state index in [4.69, 9.17) is 0 Å². The van der Waals surface area contributed by atoms with Gasteiger partial charge in [0.25, 0.3) is 0 Å². The number of Topliss-reactive ketones (excluding diaryl/α,β-unsaturated/α-hetero) is 1. The lowest BCUT2D eigenvalue weighted by Gasteiger charge is -2.27. The van der Waals surface area contributed by atoms with Crippen LogP contribution in [0.4, 0.5) is 0 Å². The van der Waals surface area contributed by atoms with Crippen LogP contribution < -0.4 is 0 Å². The molecule has 0 N–H and O–H groups in total. The third-order valence-corrected chi connectivity index (χ3v) is 3.53. The molecular formula is C14H24O. The van der Waals surface area contributed by atoms with Gasteiger partial charge in [-0.3, -0.25) is 4.79 Å². The number of ketones is 1. The van der Waals surface area contributed by atoms with Gasteiger partial charge >= 0.3 is 0 Å². The summed E-state index contributed by atoms with van der Waals surface area (Å²) in [6.45, 7) is 5.96. The molecule has 1 aliphatic rings. The first-order chi connectivity index (χ1) is 7.27. The first kappa shape index (κ1) is 12.5. The van der Waals surface area contributed by atoms with Gasteiger partial charge in [-0.1, -0.05) is 25.8 Å². The zero-order valence-electron chi connectivity index (χ0n) is 10.0. The highest BCUT2D eigenvalue weighted by atomic mass is 16.1. The standard InChI is InChI=1S/C14H24O/c1-3-5-6-8-13-11-12(7-4-2)9-10-14(13)15/h3,12-13H,1,4-11H2,2H3. The molecule has 0 amide bonds. The summed E-state index contributed by atoms with van der Waals surface area (Å²) in [7, 11) is 0. The molecule has 0 spiro atoms. The molecule has 0 heterocycles. The number of carbonyl (C=O) groups is 1. The fourth-order valence-corrected chi connectivity index (χ4v) is 2.66. The van der Waals surface area contributed by atoms with Crippen LogP contribution in [0.3, 0.4) is 0 Å². The molecule has 0 saturated heterocycles. The van der Waals surface area contributed by atoms with Crippen molar-refractivity contribution in [3.63, 3.8) is 0 Å². The molecule has 1 nitrogen and oxygen atoms in total. The van der Waals surface area contributed by atoms with E-state index in [1.54, 1.807) is 0 Å². The van der Waals surface area contributed by atoms with Crippen LogP contribution in [0.5, 0.6) is 0 Å². The highest BCUT2D eigenvalue weighted by Gasteiger charge is 2.27. The lowest BCUT2D eigenvalue weighted by molar-refractivity contribution is -0.125. The summed E-state index contributed by atoms with van der Waals surface area (Å²) in [4.78, 5) is 11.7. The van der Waals surface area contributed by atoms with Gasteiger partial charge in [-0.05, 0) is 38.0 Å². The molecule has 1 saturated carbocycles. The van der Waals surface area contributed by atoms with E-state index in [0.717, 1.165) is 44.4 Å². The van der Waals surface area contributed by atoms with E-state index in [-0.39, 0.29) is 0 Å². The van der Waals surface area contributed by atoms with Crippen LogP contribution in [0.25, 0.3) is 0 Å². The Kier molecular flexibility index (Phi) is 5.67. The highest BCUT2D eigenvalue weighted by Crippen LogP contribution is 2.32. The van der Waals surface area contributed by atoms with E-state index >= 15 is 0 Å². The van der Waals surface area contributed by atoms with Crippen molar-refractivity contribution in [3.05, 3.63) is 12.7 Å². The van der Waals surface area contributed by atoms with Crippen molar-refractivity contribution in [3.8, 4) is 0 Å². The van der Waals surface area contributed by atoms with Gasteiger partial charge in [0, 0.05) is 12.3 Å². The molecule has 1 fully saturated rings. The normalized spacial score (nSPS) is 26.6. The second-order valence-corrected chi connectivity index (χ2v) is 4.81. The summed E-state index contributed by atoms with van der Waals surface area (Å²) < 4.78 is 0. The zero-order chi connectivity index (χ0) is 11.1. The molecule has 0 radical (unpaired) electrons. The van der Waals surface area contributed by atoms with E-state index < -0.39 is 0 Å². The largest absolute Gasteiger partial charge is 0.299 e. The molecule has 86 valence electrons. The maximum absolute atomic E-state index is 11.7. The zero-order valence-corrected chi connectivity index (χ0v) is 10.0. The number of allylic oxidation sites excluding steroid dienone is 1. The third-order valence-electron chi connectivity index (χ3n) is 3.53. The van der Waals surface area contributed by atoms with Crippen molar-refractivity contribution in [1.82, 2.24) is 0 Å². The predicted octanol–water partition coefficient (Wildman–Crippen LogP) is 4.13.